The largest absolute Gasteiger partial charge is 0.384 e. The van der Waals surface area contributed by atoms with Crippen LogP contribution in [0.25, 0.3) is 50.6 Å². The molecule has 0 unspecified atom stereocenters. The molecule has 0 bridgehead atoms. The second-order valence-corrected chi connectivity index (χ2v) is 7.36. The summed E-state index contributed by atoms with van der Waals surface area (Å²) in [6.45, 7) is 4.85. The Morgan fingerprint density at radius 1 is 0.935 bits per heavy atom. The molecular weight excluding hydrogens is 392 g/mol. The molecule has 2 aromatic carbocycles. The first-order valence-corrected chi connectivity index (χ1v) is 9.99. The Morgan fingerprint density at radius 3 is 2.48 bits per heavy atom. The van der Waals surface area contributed by atoms with Crippen molar-refractivity contribution in [3.8, 4) is 17.1 Å². The number of hydrogen-bond acceptors (Lipinski definition) is 7. The molecule has 0 aliphatic heterocycles. The van der Waals surface area contributed by atoms with E-state index < -0.39 is 0 Å². The third-order valence-electron chi connectivity index (χ3n) is 5.59. The topological polar surface area (TPSA) is 113 Å². The first kappa shape index (κ1) is 17.6. The average Bonchev–Trinajstić information content (AvgIpc) is 3.45. The van der Waals surface area contributed by atoms with E-state index in [4.69, 9.17) is 20.3 Å². The molecule has 0 aliphatic rings. The van der Waals surface area contributed by atoms with Crippen LogP contribution < -0.4 is 5.73 Å². The number of fused-ring (bicyclic) bond motifs is 3. The molecule has 0 atom stereocenters. The van der Waals surface area contributed by atoms with Gasteiger partial charge < -0.3 is 10.3 Å². The number of aromatic nitrogens is 7. The van der Waals surface area contributed by atoms with E-state index in [0.29, 0.717) is 33.8 Å². The number of para-hydroxylation sites is 3. The summed E-state index contributed by atoms with van der Waals surface area (Å²) in [5, 5.41) is 7.75. The van der Waals surface area contributed by atoms with Crippen LogP contribution >= 0.6 is 0 Å². The minimum Gasteiger partial charge on any atom is -0.384 e. The predicted molar refractivity (Wildman–Crippen MR) is 118 cm³/mol. The van der Waals surface area contributed by atoms with Crippen LogP contribution in [0.1, 0.15) is 12.5 Å². The van der Waals surface area contributed by atoms with E-state index in [2.05, 4.69) is 32.9 Å². The van der Waals surface area contributed by atoms with Gasteiger partial charge in [-0.3, -0.25) is 4.57 Å². The molecule has 31 heavy (non-hydrogen) atoms. The van der Waals surface area contributed by atoms with Crippen LogP contribution in [0.3, 0.4) is 0 Å². The maximum Gasteiger partial charge on any atom is 0.245 e. The number of anilines is 1. The lowest BCUT2D eigenvalue weighted by molar-refractivity contribution is 0.314. The summed E-state index contributed by atoms with van der Waals surface area (Å²) in [7, 11) is 0. The van der Waals surface area contributed by atoms with Gasteiger partial charge in [-0.2, -0.15) is 0 Å². The maximum absolute atomic E-state index is 6.79. The highest BCUT2D eigenvalue weighted by Gasteiger charge is 2.26. The van der Waals surface area contributed by atoms with Gasteiger partial charge in [0.2, 0.25) is 11.3 Å². The minimum atomic E-state index is 0.329. The highest BCUT2D eigenvalue weighted by atomic mass is 16.6. The van der Waals surface area contributed by atoms with Crippen LogP contribution in [0, 0.1) is 6.92 Å². The SMILES string of the molecule is CCn1c(-c2c(N)n(-c3ccccc3C)c3nc4nonc4nc23)nc2ccccc21. The molecule has 0 saturated carbocycles. The zero-order valence-corrected chi connectivity index (χ0v) is 16.9. The second kappa shape index (κ2) is 6.36. The molecule has 9 heteroatoms. The van der Waals surface area contributed by atoms with Crippen molar-refractivity contribution in [2.75, 3.05) is 5.73 Å². The van der Waals surface area contributed by atoms with Gasteiger partial charge in [0.1, 0.15) is 17.2 Å². The normalized spacial score (nSPS) is 11.8. The monoisotopic (exact) mass is 410 g/mol. The predicted octanol–water partition coefficient (Wildman–Crippen LogP) is 3.88. The molecule has 0 spiro atoms. The Hall–Kier alpha value is -4.27. The molecule has 0 saturated heterocycles. The molecule has 0 fully saturated rings. The Kier molecular flexibility index (Phi) is 3.61. The van der Waals surface area contributed by atoms with Gasteiger partial charge in [0.15, 0.2) is 5.65 Å². The summed E-state index contributed by atoms with van der Waals surface area (Å²) < 4.78 is 8.89. The lowest BCUT2D eigenvalue weighted by Crippen LogP contribution is -2.04. The quantitative estimate of drug-likeness (QED) is 0.471. The summed E-state index contributed by atoms with van der Waals surface area (Å²) in [4.78, 5) is 14.3. The average molecular weight is 410 g/mol. The number of nitrogens with zero attached hydrogens (tertiary/aromatic N) is 7. The highest BCUT2D eigenvalue weighted by Crippen LogP contribution is 2.39. The standard InChI is InChI=1S/C22H18N8O/c1-3-29-15-11-7-5-9-13(15)24-21(29)16-17-22(26-20-19(25-17)27-31-28-20)30(18(16)23)14-10-6-4-8-12(14)2/h4-11H,3,23H2,1-2H3. The molecule has 0 radical (unpaired) electrons. The van der Waals surface area contributed by atoms with E-state index in [1.54, 1.807) is 0 Å². The molecule has 2 N–H and O–H groups in total. The van der Waals surface area contributed by atoms with Crippen LogP contribution in [-0.2, 0) is 6.54 Å². The van der Waals surface area contributed by atoms with Crippen molar-refractivity contribution in [3.05, 3.63) is 54.1 Å². The van der Waals surface area contributed by atoms with Crippen molar-refractivity contribution in [2.45, 2.75) is 20.4 Å². The van der Waals surface area contributed by atoms with Gasteiger partial charge in [-0.05, 0) is 47.9 Å². The van der Waals surface area contributed by atoms with Crippen molar-refractivity contribution in [2.24, 2.45) is 0 Å². The fraction of sp³-hybridized carbons (Fsp3) is 0.136. The molecule has 4 aromatic heterocycles. The molecular formula is C22H18N8O. The van der Waals surface area contributed by atoms with Crippen molar-refractivity contribution < 1.29 is 4.63 Å². The Labute approximate surface area is 176 Å². The fourth-order valence-corrected chi connectivity index (χ4v) is 4.17. The van der Waals surface area contributed by atoms with E-state index in [1.807, 2.05) is 54.0 Å². The van der Waals surface area contributed by atoms with Crippen LogP contribution in [0.15, 0.2) is 53.2 Å². The molecule has 6 rings (SSSR count). The highest BCUT2D eigenvalue weighted by molar-refractivity contribution is 6.01. The van der Waals surface area contributed by atoms with Crippen LogP contribution in [0.4, 0.5) is 5.82 Å². The van der Waals surface area contributed by atoms with E-state index in [0.717, 1.165) is 34.7 Å². The van der Waals surface area contributed by atoms with Gasteiger partial charge in [0.05, 0.1) is 22.3 Å². The third-order valence-corrected chi connectivity index (χ3v) is 5.59. The second-order valence-electron chi connectivity index (χ2n) is 7.36. The molecule has 9 nitrogen and oxygen atoms in total. The smallest absolute Gasteiger partial charge is 0.245 e. The van der Waals surface area contributed by atoms with Gasteiger partial charge >= 0.3 is 0 Å². The number of nitrogens with two attached hydrogens (primary N) is 1. The van der Waals surface area contributed by atoms with Gasteiger partial charge in [0, 0.05) is 6.54 Å². The molecule has 0 aliphatic carbocycles. The van der Waals surface area contributed by atoms with Gasteiger partial charge in [-0.15, -0.1) is 0 Å². The van der Waals surface area contributed by atoms with Crippen LogP contribution in [0.2, 0.25) is 0 Å². The van der Waals surface area contributed by atoms with E-state index in [1.165, 1.54) is 0 Å². The Bertz CT molecular complexity index is 1610. The number of aryl methyl sites for hydroxylation is 2. The molecule has 6 aromatic rings. The number of benzene rings is 2. The summed E-state index contributed by atoms with van der Waals surface area (Å²) in [5.74, 6) is 1.25. The zero-order valence-electron chi connectivity index (χ0n) is 16.9. The van der Waals surface area contributed by atoms with Crippen molar-refractivity contribution in [1.82, 2.24) is 34.4 Å². The van der Waals surface area contributed by atoms with Crippen LogP contribution in [-0.4, -0.2) is 34.4 Å². The lowest BCUT2D eigenvalue weighted by Gasteiger charge is -2.11. The van der Waals surface area contributed by atoms with Crippen molar-refractivity contribution in [1.29, 1.82) is 0 Å². The summed E-state index contributed by atoms with van der Waals surface area (Å²) in [5.41, 5.74) is 13.3. The van der Waals surface area contributed by atoms with Crippen LogP contribution in [0.5, 0.6) is 0 Å². The first-order valence-electron chi connectivity index (χ1n) is 9.99. The van der Waals surface area contributed by atoms with Gasteiger partial charge in [-0.1, -0.05) is 30.3 Å². The summed E-state index contributed by atoms with van der Waals surface area (Å²) in [6.07, 6.45) is 0. The number of rotatable bonds is 3. The molecule has 0 amide bonds. The van der Waals surface area contributed by atoms with E-state index in [9.17, 15) is 0 Å². The first-order chi connectivity index (χ1) is 15.2. The Morgan fingerprint density at radius 2 is 1.68 bits per heavy atom. The fourth-order valence-electron chi connectivity index (χ4n) is 4.17. The zero-order chi connectivity index (χ0) is 21.1. The summed E-state index contributed by atoms with van der Waals surface area (Å²) >= 11 is 0. The van der Waals surface area contributed by atoms with Gasteiger partial charge in [-0.25, -0.2) is 19.6 Å². The third kappa shape index (κ3) is 2.40. The van der Waals surface area contributed by atoms with E-state index >= 15 is 0 Å². The maximum atomic E-state index is 6.79. The van der Waals surface area contributed by atoms with Gasteiger partial charge in [0.25, 0.3) is 0 Å². The Balaban J connectivity index is 1.79. The van der Waals surface area contributed by atoms with Crippen molar-refractivity contribution >= 4 is 39.3 Å². The number of imidazole rings is 1. The lowest BCUT2D eigenvalue weighted by atomic mass is 10.2. The van der Waals surface area contributed by atoms with E-state index in [-0.39, 0.29) is 0 Å². The summed E-state index contributed by atoms with van der Waals surface area (Å²) in [6, 6.07) is 16.0. The van der Waals surface area contributed by atoms with Crippen molar-refractivity contribution in [3.63, 3.8) is 0 Å². The number of hydrogen-bond donors (Lipinski definition) is 1. The molecule has 152 valence electrons. The minimum absolute atomic E-state index is 0.329. The number of nitrogen functional groups attached to an aromatic ring is 1. The molecule has 4 heterocycles.